The van der Waals surface area contributed by atoms with E-state index < -0.39 is 0 Å². The lowest BCUT2D eigenvalue weighted by molar-refractivity contribution is -0.158. The highest BCUT2D eigenvalue weighted by molar-refractivity contribution is 9.09. The van der Waals surface area contributed by atoms with Crippen molar-refractivity contribution in [2.45, 2.75) is 90.6 Å². The van der Waals surface area contributed by atoms with E-state index in [1.54, 1.807) is 0 Å². The minimum Gasteiger partial charge on any atom is -0.464 e. The molecule has 1 unspecified atom stereocenters. The van der Waals surface area contributed by atoms with Gasteiger partial charge in [-0.2, -0.15) is 0 Å². The van der Waals surface area contributed by atoms with Crippen molar-refractivity contribution >= 4 is 21.9 Å². The minimum absolute atomic E-state index is 0.171. The van der Waals surface area contributed by atoms with Crippen LogP contribution in [0.15, 0.2) is 12.2 Å². The lowest BCUT2D eigenvalue weighted by Gasteiger charge is -2.16. The Morgan fingerprint density at radius 3 is 2.42 bits per heavy atom. The van der Waals surface area contributed by atoms with Gasteiger partial charge in [0.05, 0.1) is 6.61 Å². The van der Waals surface area contributed by atoms with Gasteiger partial charge in [-0.05, 0) is 44.9 Å². The zero-order valence-corrected chi connectivity index (χ0v) is 17.3. The number of allylic oxidation sites excluding steroid dienone is 2. The Hall–Kier alpha value is -0.350. The highest BCUT2D eigenvalue weighted by Crippen LogP contribution is 2.10. The van der Waals surface area contributed by atoms with Gasteiger partial charge in [-0.3, -0.25) is 0 Å². The summed E-state index contributed by atoms with van der Waals surface area (Å²) in [5, 5.41) is 1.05. The Labute approximate surface area is 157 Å². The Kier molecular flexibility index (Phi) is 18.7. The van der Waals surface area contributed by atoms with E-state index in [-0.39, 0.29) is 12.1 Å². The molecule has 24 heavy (non-hydrogen) atoms. The average molecular weight is 405 g/mol. The van der Waals surface area contributed by atoms with Gasteiger partial charge >= 0.3 is 5.97 Å². The third-order valence-corrected chi connectivity index (χ3v) is 4.40. The van der Waals surface area contributed by atoms with Crippen molar-refractivity contribution in [3.63, 3.8) is 0 Å². The number of carbonyl (C=O) groups is 1. The number of hydrogen-bond acceptors (Lipinski definition) is 3. The fourth-order valence-corrected chi connectivity index (χ4v) is 2.75. The van der Waals surface area contributed by atoms with Gasteiger partial charge in [0, 0.05) is 11.9 Å². The van der Waals surface area contributed by atoms with Crippen molar-refractivity contribution in [1.82, 2.24) is 0 Å². The first-order chi connectivity index (χ1) is 11.8. The van der Waals surface area contributed by atoms with Crippen LogP contribution in [0.2, 0.25) is 0 Å². The molecule has 0 rings (SSSR count). The number of alkyl halides is 1. The summed E-state index contributed by atoms with van der Waals surface area (Å²) in [6, 6.07) is 0. The van der Waals surface area contributed by atoms with Crippen LogP contribution < -0.4 is 0 Å². The van der Waals surface area contributed by atoms with Crippen LogP contribution in [-0.4, -0.2) is 30.6 Å². The molecule has 0 aromatic heterocycles. The van der Waals surface area contributed by atoms with E-state index in [1.165, 1.54) is 12.8 Å². The van der Waals surface area contributed by atoms with E-state index >= 15 is 0 Å². The van der Waals surface area contributed by atoms with Gasteiger partial charge < -0.3 is 9.47 Å². The zero-order chi connectivity index (χ0) is 17.9. The first-order valence-corrected chi connectivity index (χ1v) is 10.9. The van der Waals surface area contributed by atoms with Crippen LogP contribution in [-0.2, 0) is 14.3 Å². The number of carbonyl (C=O) groups excluding carboxylic acids is 1. The smallest absolute Gasteiger partial charge is 0.335 e. The number of esters is 1. The molecule has 0 radical (unpaired) electrons. The minimum atomic E-state index is -0.376. The van der Waals surface area contributed by atoms with Gasteiger partial charge in [0.1, 0.15) is 0 Å². The molecule has 0 aliphatic carbocycles. The summed E-state index contributed by atoms with van der Waals surface area (Å²) in [6.07, 6.45) is 15.6. The van der Waals surface area contributed by atoms with E-state index in [2.05, 4.69) is 41.9 Å². The molecule has 0 fully saturated rings. The summed E-state index contributed by atoms with van der Waals surface area (Å²) in [7, 11) is 0. The number of unbranched alkanes of at least 4 members (excludes halogenated alkanes) is 6. The maximum atomic E-state index is 12.2. The van der Waals surface area contributed by atoms with Crippen molar-refractivity contribution in [1.29, 1.82) is 0 Å². The fraction of sp³-hybridized carbons (Fsp3) is 0.850. The van der Waals surface area contributed by atoms with Gasteiger partial charge in [-0.15, -0.1) is 0 Å². The lowest BCUT2D eigenvalue weighted by atomic mass is 10.1. The fourth-order valence-electron chi connectivity index (χ4n) is 2.35. The van der Waals surface area contributed by atoms with Crippen LogP contribution in [0.25, 0.3) is 0 Å². The van der Waals surface area contributed by atoms with Crippen LogP contribution in [0, 0.1) is 0 Å². The number of ether oxygens (including phenoxy) is 2. The van der Waals surface area contributed by atoms with Crippen LogP contribution in [0.1, 0.15) is 84.5 Å². The van der Waals surface area contributed by atoms with Gasteiger partial charge in [-0.1, -0.05) is 67.6 Å². The first kappa shape index (κ1) is 23.6. The monoisotopic (exact) mass is 404 g/mol. The normalized spacial score (nSPS) is 12.6. The van der Waals surface area contributed by atoms with Crippen LogP contribution >= 0.6 is 15.9 Å². The molecule has 4 heteroatoms. The molecule has 0 bridgehead atoms. The third kappa shape index (κ3) is 15.2. The van der Waals surface area contributed by atoms with E-state index in [9.17, 15) is 4.79 Å². The summed E-state index contributed by atoms with van der Waals surface area (Å²) >= 11 is 3.43. The quantitative estimate of drug-likeness (QED) is 0.125. The highest BCUT2D eigenvalue weighted by Gasteiger charge is 2.19. The van der Waals surface area contributed by atoms with E-state index in [0.29, 0.717) is 13.2 Å². The highest BCUT2D eigenvalue weighted by atomic mass is 79.9. The summed E-state index contributed by atoms with van der Waals surface area (Å²) in [6.45, 7) is 5.45. The predicted molar refractivity (Wildman–Crippen MR) is 106 cm³/mol. The maximum absolute atomic E-state index is 12.2. The lowest BCUT2D eigenvalue weighted by Crippen LogP contribution is -2.27. The largest absolute Gasteiger partial charge is 0.464 e. The number of halogens is 1. The SMILES string of the molecule is CC/C=C\CCCCOC(CCCC)C(=O)OCCCCCCBr. The molecule has 0 spiro atoms. The summed E-state index contributed by atoms with van der Waals surface area (Å²) in [4.78, 5) is 12.2. The summed E-state index contributed by atoms with van der Waals surface area (Å²) in [5.41, 5.74) is 0. The van der Waals surface area contributed by atoms with Crippen LogP contribution in [0.5, 0.6) is 0 Å². The number of hydrogen-bond donors (Lipinski definition) is 0. The molecule has 3 nitrogen and oxygen atoms in total. The van der Waals surface area contributed by atoms with E-state index in [1.807, 2.05) is 0 Å². The Bertz CT molecular complexity index is 305. The van der Waals surface area contributed by atoms with Crippen molar-refractivity contribution in [3.8, 4) is 0 Å². The Balaban J connectivity index is 3.88. The van der Waals surface area contributed by atoms with Crippen molar-refractivity contribution in [2.75, 3.05) is 18.5 Å². The molecule has 0 heterocycles. The van der Waals surface area contributed by atoms with Crippen molar-refractivity contribution < 1.29 is 14.3 Å². The molecule has 0 N–H and O–H groups in total. The molecule has 142 valence electrons. The van der Waals surface area contributed by atoms with Gasteiger partial charge in [0.2, 0.25) is 0 Å². The van der Waals surface area contributed by atoms with E-state index in [4.69, 9.17) is 9.47 Å². The Morgan fingerprint density at radius 1 is 0.958 bits per heavy atom. The molecular formula is C20H37BrO3. The van der Waals surface area contributed by atoms with Crippen molar-refractivity contribution in [2.24, 2.45) is 0 Å². The first-order valence-electron chi connectivity index (χ1n) is 9.75. The molecule has 0 aliphatic heterocycles. The average Bonchev–Trinajstić information content (AvgIpc) is 2.59. The Morgan fingerprint density at radius 2 is 1.71 bits per heavy atom. The molecule has 0 saturated heterocycles. The summed E-state index contributed by atoms with van der Waals surface area (Å²) in [5.74, 6) is -0.171. The maximum Gasteiger partial charge on any atom is 0.335 e. The summed E-state index contributed by atoms with van der Waals surface area (Å²) < 4.78 is 11.2. The second-order valence-electron chi connectivity index (χ2n) is 6.15. The zero-order valence-electron chi connectivity index (χ0n) is 15.7. The molecule has 1 atom stereocenters. The third-order valence-electron chi connectivity index (χ3n) is 3.84. The standard InChI is InChI=1S/C20H37BrO3/c1-3-5-7-8-10-13-17-23-19(15-6-4-2)20(22)24-18-14-11-9-12-16-21/h5,7,19H,3-4,6,8-18H2,1-2H3/b7-5-. The molecule has 0 saturated carbocycles. The molecule has 0 aromatic rings. The van der Waals surface area contributed by atoms with E-state index in [0.717, 1.165) is 63.1 Å². The number of rotatable bonds is 17. The molecule has 0 amide bonds. The second kappa shape index (κ2) is 19.0. The van der Waals surface area contributed by atoms with Crippen LogP contribution in [0.3, 0.4) is 0 Å². The second-order valence-corrected chi connectivity index (χ2v) is 6.94. The van der Waals surface area contributed by atoms with Gasteiger partial charge in [0.15, 0.2) is 6.10 Å². The molecular weight excluding hydrogens is 368 g/mol. The topological polar surface area (TPSA) is 35.5 Å². The molecule has 0 aromatic carbocycles. The predicted octanol–water partition coefficient (Wildman–Crippen LogP) is 6.20. The van der Waals surface area contributed by atoms with Gasteiger partial charge in [-0.25, -0.2) is 4.79 Å². The van der Waals surface area contributed by atoms with Gasteiger partial charge in [0.25, 0.3) is 0 Å². The van der Waals surface area contributed by atoms with Crippen LogP contribution in [0.4, 0.5) is 0 Å². The van der Waals surface area contributed by atoms with Crippen molar-refractivity contribution in [3.05, 3.63) is 12.2 Å². The molecule has 0 aliphatic rings.